The van der Waals surface area contributed by atoms with Crippen LogP contribution in [-0.4, -0.2) is 5.11 Å². The van der Waals surface area contributed by atoms with Crippen molar-refractivity contribution in [3.8, 4) is 22.3 Å². The Morgan fingerprint density at radius 2 is 1.33 bits per heavy atom. The van der Waals surface area contributed by atoms with Gasteiger partial charge in [-0.25, -0.2) is 0 Å². The van der Waals surface area contributed by atoms with E-state index in [4.69, 9.17) is 4.42 Å². The molecular formula is C28H22O2. The Hall–Kier alpha value is -3.62. The maximum Gasteiger partial charge on any atom is 0.134 e. The highest BCUT2D eigenvalue weighted by Crippen LogP contribution is 2.41. The van der Waals surface area contributed by atoms with Crippen LogP contribution in [0.5, 0.6) is 0 Å². The van der Waals surface area contributed by atoms with Crippen molar-refractivity contribution >= 4 is 11.0 Å². The molecule has 1 aromatic heterocycles. The van der Waals surface area contributed by atoms with E-state index in [2.05, 4.69) is 66.7 Å². The van der Waals surface area contributed by atoms with E-state index in [0.717, 1.165) is 44.5 Å². The van der Waals surface area contributed by atoms with Crippen molar-refractivity contribution in [3.05, 3.63) is 120 Å². The molecule has 5 aromatic rings. The quantitative estimate of drug-likeness (QED) is 0.356. The zero-order chi connectivity index (χ0) is 20.3. The Kier molecular flexibility index (Phi) is 4.92. The molecule has 0 atom stereocenters. The first-order valence-electron chi connectivity index (χ1n) is 10.2. The van der Waals surface area contributed by atoms with Crippen LogP contribution in [-0.2, 0) is 13.0 Å². The lowest BCUT2D eigenvalue weighted by atomic mass is 9.90. The molecule has 4 aromatic carbocycles. The van der Waals surface area contributed by atoms with Gasteiger partial charge in [0.1, 0.15) is 11.3 Å². The maximum absolute atomic E-state index is 9.82. The Morgan fingerprint density at radius 1 is 0.633 bits per heavy atom. The van der Waals surface area contributed by atoms with Gasteiger partial charge in [-0.3, -0.25) is 0 Å². The molecule has 5 rings (SSSR count). The summed E-state index contributed by atoms with van der Waals surface area (Å²) >= 11 is 0. The average Bonchev–Trinajstić information content (AvgIpc) is 3.17. The lowest BCUT2D eigenvalue weighted by Gasteiger charge is -2.13. The van der Waals surface area contributed by atoms with Gasteiger partial charge in [0.2, 0.25) is 0 Å². The number of furan rings is 1. The lowest BCUT2D eigenvalue weighted by Crippen LogP contribution is -1.93. The fourth-order valence-corrected chi connectivity index (χ4v) is 4.06. The number of para-hydroxylation sites is 1. The highest BCUT2D eigenvalue weighted by Gasteiger charge is 2.20. The van der Waals surface area contributed by atoms with Gasteiger partial charge >= 0.3 is 0 Å². The Balaban J connectivity index is 1.77. The van der Waals surface area contributed by atoms with Gasteiger partial charge in [0.25, 0.3) is 0 Å². The van der Waals surface area contributed by atoms with Gasteiger partial charge in [0, 0.05) is 17.4 Å². The summed E-state index contributed by atoms with van der Waals surface area (Å²) in [6.45, 7) is 0.00583. The summed E-state index contributed by atoms with van der Waals surface area (Å²) in [5.41, 5.74) is 7.44. The topological polar surface area (TPSA) is 33.4 Å². The Morgan fingerprint density at radius 3 is 2.10 bits per heavy atom. The van der Waals surface area contributed by atoms with Gasteiger partial charge in [-0.2, -0.15) is 0 Å². The summed E-state index contributed by atoms with van der Waals surface area (Å²) in [5.74, 6) is 0.940. The molecule has 0 fully saturated rings. The van der Waals surface area contributed by atoms with Gasteiger partial charge in [-0.1, -0.05) is 91.0 Å². The van der Waals surface area contributed by atoms with Crippen molar-refractivity contribution in [1.29, 1.82) is 0 Å². The van der Waals surface area contributed by atoms with E-state index in [1.54, 1.807) is 0 Å². The summed E-state index contributed by atoms with van der Waals surface area (Å²) in [7, 11) is 0. The number of aliphatic hydroxyl groups excluding tert-OH is 1. The summed E-state index contributed by atoms with van der Waals surface area (Å²) in [6.07, 6.45) is 0.711. The van der Waals surface area contributed by atoms with Crippen molar-refractivity contribution in [1.82, 2.24) is 0 Å². The molecule has 30 heavy (non-hydrogen) atoms. The monoisotopic (exact) mass is 390 g/mol. The van der Waals surface area contributed by atoms with Gasteiger partial charge in [0.05, 0.1) is 6.61 Å². The van der Waals surface area contributed by atoms with E-state index in [1.807, 2.05) is 36.4 Å². The number of benzene rings is 4. The molecular weight excluding hydrogens is 368 g/mol. The van der Waals surface area contributed by atoms with Gasteiger partial charge in [-0.15, -0.1) is 0 Å². The smallest absolute Gasteiger partial charge is 0.134 e. The zero-order valence-electron chi connectivity index (χ0n) is 16.6. The molecule has 0 aliphatic heterocycles. The van der Waals surface area contributed by atoms with E-state index >= 15 is 0 Å². The first-order chi connectivity index (χ1) is 14.8. The molecule has 0 aliphatic carbocycles. The van der Waals surface area contributed by atoms with Crippen LogP contribution in [0.15, 0.2) is 108 Å². The third-order valence-corrected chi connectivity index (χ3v) is 5.50. The van der Waals surface area contributed by atoms with Crippen molar-refractivity contribution in [2.45, 2.75) is 13.0 Å². The van der Waals surface area contributed by atoms with E-state index < -0.39 is 0 Å². The predicted octanol–water partition coefficient (Wildman–Crippen LogP) is 6.85. The van der Waals surface area contributed by atoms with E-state index in [1.165, 1.54) is 5.56 Å². The van der Waals surface area contributed by atoms with E-state index in [-0.39, 0.29) is 6.61 Å². The van der Waals surface area contributed by atoms with Crippen LogP contribution in [0.3, 0.4) is 0 Å². The van der Waals surface area contributed by atoms with Crippen LogP contribution in [0, 0.1) is 0 Å². The van der Waals surface area contributed by atoms with Crippen molar-refractivity contribution in [2.75, 3.05) is 0 Å². The average molecular weight is 390 g/mol. The fraction of sp³-hybridized carbons (Fsp3) is 0.0714. The molecule has 0 bridgehead atoms. The fourth-order valence-electron chi connectivity index (χ4n) is 4.06. The second-order valence-corrected chi connectivity index (χ2v) is 7.46. The van der Waals surface area contributed by atoms with Gasteiger partial charge < -0.3 is 9.52 Å². The van der Waals surface area contributed by atoms with Crippen molar-refractivity contribution in [2.24, 2.45) is 0 Å². The van der Waals surface area contributed by atoms with Crippen molar-refractivity contribution in [3.63, 3.8) is 0 Å². The highest BCUT2D eigenvalue weighted by molar-refractivity contribution is 6.00. The summed E-state index contributed by atoms with van der Waals surface area (Å²) < 4.78 is 6.36. The third kappa shape index (κ3) is 3.42. The molecule has 2 heteroatoms. The minimum atomic E-state index is 0.00583. The molecule has 0 aliphatic rings. The van der Waals surface area contributed by atoms with Crippen LogP contribution in [0.25, 0.3) is 33.2 Å². The first kappa shape index (κ1) is 18.4. The standard InChI is InChI=1S/C28H22O2/c29-19-21-15-16-23(22-11-5-2-6-12-22)25(17-21)28-24-13-7-8-14-26(24)30-27(28)18-20-9-3-1-4-10-20/h1-17,29H,18-19H2. The van der Waals surface area contributed by atoms with E-state index in [0.29, 0.717) is 6.42 Å². The predicted molar refractivity (Wildman–Crippen MR) is 122 cm³/mol. The van der Waals surface area contributed by atoms with E-state index in [9.17, 15) is 5.11 Å². The maximum atomic E-state index is 9.82. The summed E-state index contributed by atoms with van der Waals surface area (Å²) in [6, 6.07) is 35.1. The summed E-state index contributed by atoms with van der Waals surface area (Å²) in [4.78, 5) is 0. The van der Waals surface area contributed by atoms with Gasteiger partial charge in [0.15, 0.2) is 0 Å². The second-order valence-electron chi connectivity index (χ2n) is 7.46. The van der Waals surface area contributed by atoms with Crippen LogP contribution < -0.4 is 0 Å². The molecule has 0 saturated heterocycles. The van der Waals surface area contributed by atoms with Crippen LogP contribution in [0.4, 0.5) is 0 Å². The number of aliphatic hydroxyl groups is 1. The largest absolute Gasteiger partial charge is 0.460 e. The molecule has 2 nitrogen and oxygen atoms in total. The minimum absolute atomic E-state index is 0.00583. The van der Waals surface area contributed by atoms with Crippen LogP contribution in [0.1, 0.15) is 16.9 Å². The normalized spacial score (nSPS) is 11.1. The molecule has 0 saturated carbocycles. The number of rotatable bonds is 5. The summed E-state index contributed by atoms with van der Waals surface area (Å²) in [5, 5.41) is 10.9. The first-order valence-corrected chi connectivity index (χ1v) is 10.2. The Labute approximate surface area is 176 Å². The molecule has 0 amide bonds. The second kappa shape index (κ2) is 8.02. The molecule has 146 valence electrons. The van der Waals surface area contributed by atoms with Crippen molar-refractivity contribution < 1.29 is 9.52 Å². The minimum Gasteiger partial charge on any atom is -0.460 e. The molecule has 0 unspecified atom stereocenters. The third-order valence-electron chi connectivity index (χ3n) is 5.50. The number of fused-ring (bicyclic) bond motifs is 1. The Bertz CT molecular complexity index is 1280. The highest BCUT2D eigenvalue weighted by atomic mass is 16.3. The SMILES string of the molecule is OCc1ccc(-c2ccccc2)c(-c2c(Cc3ccccc3)oc3ccccc23)c1. The molecule has 1 N–H and O–H groups in total. The number of hydrogen-bond acceptors (Lipinski definition) is 2. The molecule has 0 spiro atoms. The van der Waals surface area contributed by atoms with Crippen LogP contribution in [0.2, 0.25) is 0 Å². The van der Waals surface area contributed by atoms with Gasteiger partial charge in [-0.05, 0) is 39.9 Å². The van der Waals surface area contributed by atoms with Crippen LogP contribution >= 0.6 is 0 Å². The lowest BCUT2D eigenvalue weighted by molar-refractivity contribution is 0.282. The molecule has 1 heterocycles. The zero-order valence-corrected chi connectivity index (χ0v) is 16.6. The molecule has 0 radical (unpaired) electrons. The number of hydrogen-bond donors (Lipinski definition) is 1.